The van der Waals surface area contributed by atoms with E-state index in [1.165, 1.54) is 0 Å². The number of carbonyl (C=O) groups excluding carboxylic acids is 1. The lowest BCUT2D eigenvalue weighted by Gasteiger charge is -2.13. The second kappa shape index (κ2) is 6.97. The molecule has 2 aromatic rings. The molecule has 116 valence electrons. The number of amides is 1. The first-order valence-electron chi connectivity index (χ1n) is 7.73. The maximum absolute atomic E-state index is 12.2. The van der Waals surface area contributed by atoms with Crippen LogP contribution in [-0.2, 0) is 0 Å². The molecule has 3 heteroatoms. The molecule has 1 unspecified atom stereocenters. The van der Waals surface area contributed by atoms with Crippen molar-refractivity contribution in [2.45, 2.75) is 13.3 Å². The van der Waals surface area contributed by atoms with Gasteiger partial charge in [0.25, 0.3) is 5.91 Å². The van der Waals surface area contributed by atoms with Crippen molar-refractivity contribution in [1.82, 2.24) is 5.32 Å². The highest BCUT2D eigenvalue weighted by Gasteiger charge is 2.09. The smallest absolute Gasteiger partial charge is 0.255 e. The molecule has 0 aromatic heterocycles. The Morgan fingerprint density at radius 3 is 2.39 bits per heavy atom. The Bertz CT molecular complexity index is 730. The average Bonchev–Trinajstić information content (AvgIpc) is 2.58. The van der Waals surface area contributed by atoms with Crippen LogP contribution in [-0.4, -0.2) is 5.91 Å². The second-order valence-corrected chi connectivity index (χ2v) is 5.63. The fraction of sp³-hybridized carbons (Fsp3) is 0.150. The van der Waals surface area contributed by atoms with Crippen molar-refractivity contribution in [3.8, 4) is 11.5 Å². The van der Waals surface area contributed by atoms with Gasteiger partial charge in [0.05, 0.1) is 0 Å². The van der Waals surface area contributed by atoms with Gasteiger partial charge in [-0.1, -0.05) is 37.3 Å². The van der Waals surface area contributed by atoms with Crippen LogP contribution in [0.5, 0.6) is 11.5 Å². The lowest BCUT2D eigenvalue weighted by Crippen LogP contribution is -2.22. The molecule has 1 amide bonds. The Labute approximate surface area is 136 Å². The molecular formula is C20H19NO2. The van der Waals surface area contributed by atoms with E-state index in [1.807, 2.05) is 36.4 Å². The molecule has 1 N–H and O–H groups in total. The van der Waals surface area contributed by atoms with E-state index in [9.17, 15) is 4.79 Å². The van der Waals surface area contributed by atoms with Crippen LogP contribution >= 0.6 is 0 Å². The molecule has 1 aliphatic carbocycles. The summed E-state index contributed by atoms with van der Waals surface area (Å²) in [5.74, 6) is 1.90. The largest absolute Gasteiger partial charge is 0.457 e. The molecule has 1 atom stereocenters. The number of hydrogen-bond donors (Lipinski definition) is 1. The number of ether oxygens (including phenoxy) is 1. The third kappa shape index (κ3) is 4.10. The molecule has 0 aliphatic heterocycles. The molecule has 0 radical (unpaired) electrons. The topological polar surface area (TPSA) is 38.3 Å². The molecule has 0 spiro atoms. The van der Waals surface area contributed by atoms with Gasteiger partial charge in [-0.2, -0.15) is 0 Å². The fourth-order valence-corrected chi connectivity index (χ4v) is 2.32. The molecule has 0 bridgehead atoms. The Kier molecular flexibility index (Phi) is 4.57. The van der Waals surface area contributed by atoms with Gasteiger partial charge < -0.3 is 10.1 Å². The fourth-order valence-electron chi connectivity index (χ4n) is 2.32. The number of carbonyl (C=O) groups is 1. The number of allylic oxidation sites excluding steroid dienone is 3. The Morgan fingerprint density at radius 1 is 1.04 bits per heavy atom. The molecule has 23 heavy (non-hydrogen) atoms. The normalized spacial score (nSPS) is 16.6. The first-order chi connectivity index (χ1) is 11.2. The highest BCUT2D eigenvalue weighted by molar-refractivity contribution is 5.95. The summed E-state index contributed by atoms with van der Waals surface area (Å²) in [7, 11) is 0. The van der Waals surface area contributed by atoms with Gasteiger partial charge in [-0.05, 0) is 54.8 Å². The minimum Gasteiger partial charge on any atom is -0.457 e. The van der Waals surface area contributed by atoms with Crippen molar-refractivity contribution >= 4 is 5.91 Å². The van der Waals surface area contributed by atoms with Gasteiger partial charge in [-0.15, -0.1) is 0 Å². The monoisotopic (exact) mass is 305 g/mol. The molecule has 1 aliphatic rings. The van der Waals surface area contributed by atoms with Crippen LogP contribution in [0.15, 0.2) is 78.5 Å². The maximum atomic E-state index is 12.2. The minimum atomic E-state index is -0.110. The van der Waals surface area contributed by atoms with E-state index in [0.29, 0.717) is 17.2 Å². The summed E-state index contributed by atoms with van der Waals surface area (Å²) in [5.41, 5.74) is 1.47. The van der Waals surface area contributed by atoms with Gasteiger partial charge in [0.2, 0.25) is 0 Å². The van der Waals surface area contributed by atoms with Crippen molar-refractivity contribution in [3.63, 3.8) is 0 Å². The number of para-hydroxylation sites is 1. The molecule has 0 saturated carbocycles. The molecule has 3 rings (SSSR count). The van der Waals surface area contributed by atoms with E-state index in [0.717, 1.165) is 17.9 Å². The second-order valence-electron chi connectivity index (χ2n) is 5.63. The molecule has 0 heterocycles. The standard InChI is InChI=1S/C20H19NO2/c1-15-7-11-17(12-8-15)21-20(22)16-9-13-19(14-10-16)23-18-5-3-2-4-6-18/h2-7,9-15H,8H2,1H3,(H,21,22). The van der Waals surface area contributed by atoms with E-state index in [-0.39, 0.29) is 5.91 Å². The van der Waals surface area contributed by atoms with Gasteiger partial charge in [-0.25, -0.2) is 0 Å². The summed E-state index contributed by atoms with van der Waals surface area (Å²) in [6, 6.07) is 16.7. The minimum absolute atomic E-state index is 0.110. The van der Waals surface area contributed by atoms with Crippen LogP contribution in [0.3, 0.4) is 0 Å². The molecule has 0 fully saturated rings. The zero-order valence-electron chi connectivity index (χ0n) is 13.0. The molecule has 2 aromatic carbocycles. The van der Waals surface area contributed by atoms with Crippen molar-refractivity contribution in [3.05, 3.63) is 84.1 Å². The van der Waals surface area contributed by atoms with Gasteiger partial charge >= 0.3 is 0 Å². The summed E-state index contributed by atoms with van der Waals surface area (Å²) in [4.78, 5) is 12.2. The van der Waals surface area contributed by atoms with Crippen molar-refractivity contribution in [2.24, 2.45) is 5.92 Å². The Hall–Kier alpha value is -2.81. The zero-order valence-corrected chi connectivity index (χ0v) is 13.0. The predicted molar refractivity (Wildman–Crippen MR) is 91.4 cm³/mol. The van der Waals surface area contributed by atoms with Crippen molar-refractivity contribution in [2.75, 3.05) is 0 Å². The van der Waals surface area contributed by atoms with Crippen LogP contribution in [0.25, 0.3) is 0 Å². The van der Waals surface area contributed by atoms with E-state index in [2.05, 4.69) is 24.4 Å². The Balaban J connectivity index is 1.63. The van der Waals surface area contributed by atoms with E-state index in [4.69, 9.17) is 4.74 Å². The summed E-state index contributed by atoms with van der Waals surface area (Å²) in [6.45, 7) is 2.15. The average molecular weight is 305 g/mol. The van der Waals surface area contributed by atoms with E-state index >= 15 is 0 Å². The van der Waals surface area contributed by atoms with Crippen molar-refractivity contribution in [1.29, 1.82) is 0 Å². The number of benzene rings is 2. The molecular weight excluding hydrogens is 286 g/mol. The zero-order chi connectivity index (χ0) is 16.1. The summed E-state index contributed by atoms with van der Waals surface area (Å²) < 4.78 is 5.72. The number of hydrogen-bond acceptors (Lipinski definition) is 2. The third-order valence-electron chi connectivity index (χ3n) is 3.67. The first kappa shape index (κ1) is 15.1. The number of nitrogens with one attached hydrogen (secondary N) is 1. The first-order valence-corrected chi connectivity index (χ1v) is 7.73. The molecule has 3 nitrogen and oxygen atoms in total. The Morgan fingerprint density at radius 2 is 1.74 bits per heavy atom. The quantitative estimate of drug-likeness (QED) is 0.890. The van der Waals surface area contributed by atoms with Gasteiger partial charge in [0, 0.05) is 11.3 Å². The maximum Gasteiger partial charge on any atom is 0.255 e. The highest BCUT2D eigenvalue weighted by atomic mass is 16.5. The van der Waals surface area contributed by atoms with Gasteiger partial charge in [-0.3, -0.25) is 4.79 Å². The highest BCUT2D eigenvalue weighted by Crippen LogP contribution is 2.21. The van der Waals surface area contributed by atoms with Gasteiger partial charge in [0.1, 0.15) is 11.5 Å². The van der Waals surface area contributed by atoms with Crippen LogP contribution < -0.4 is 10.1 Å². The van der Waals surface area contributed by atoms with Crippen LogP contribution in [0, 0.1) is 5.92 Å². The lowest BCUT2D eigenvalue weighted by atomic mass is 10.0. The van der Waals surface area contributed by atoms with Crippen LogP contribution in [0.4, 0.5) is 0 Å². The van der Waals surface area contributed by atoms with Crippen LogP contribution in [0.2, 0.25) is 0 Å². The molecule has 0 saturated heterocycles. The SMILES string of the molecule is CC1C=CC(NC(=O)c2ccc(Oc3ccccc3)cc2)=CC1. The summed E-state index contributed by atoms with van der Waals surface area (Å²) in [5, 5.41) is 2.92. The van der Waals surface area contributed by atoms with Gasteiger partial charge in [0.15, 0.2) is 0 Å². The van der Waals surface area contributed by atoms with Crippen LogP contribution in [0.1, 0.15) is 23.7 Å². The summed E-state index contributed by atoms with van der Waals surface area (Å²) >= 11 is 0. The lowest BCUT2D eigenvalue weighted by molar-refractivity contribution is 0.0967. The summed E-state index contributed by atoms with van der Waals surface area (Å²) in [6.07, 6.45) is 7.07. The van der Waals surface area contributed by atoms with E-state index in [1.54, 1.807) is 24.3 Å². The number of rotatable bonds is 4. The van der Waals surface area contributed by atoms with Crippen molar-refractivity contribution < 1.29 is 9.53 Å². The third-order valence-corrected chi connectivity index (χ3v) is 3.67. The predicted octanol–water partition coefficient (Wildman–Crippen LogP) is 4.69. The van der Waals surface area contributed by atoms with E-state index < -0.39 is 0 Å².